The van der Waals surface area contributed by atoms with E-state index in [0.717, 1.165) is 4.88 Å². The fourth-order valence-electron chi connectivity index (χ4n) is 2.25. The van der Waals surface area contributed by atoms with Gasteiger partial charge in [0.05, 0.1) is 28.4 Å². The van der Waals surface area contributed by atoms with Crippen molar-refractivity contribution >= 4 is 11.3 Å². The Kier molecular flexibility index (Phi) is 5.45. The van der Waals surface area contributed by atoms with E-state index >= 15 is 0 Å². The monoisotopic (exact) mass is 397 g/mol. The zero-order chi connectivity index (χ0) is 19.4. The maximum Gasteiger partial charge on any atom is 0.422 e. The Hall–Kier alpha value is -2.88. The molecule has 0 saturated heterocycles. The summed E-state index contributed by atoms with van der Waals surface area (Å²) in [6, 6.07) is 7.05. The van der Waals surface area contributed by atoms with Crippen LogP contribution in [0.4, 0.5) is 13.2 Å². The van der Waals surface area contributed by atoms with E-state index in [-0.39, 0.29) is 23.9 Å². The second-order valence-corrected chi connectivity index (χ2v) is 6.18. The predicted octanol–water partition coefficient (Wildman–Crippen LogP) is 3.70. The largest absolute Gasteiger partial charge is 0.484 e. The molecular weight excluding hydrogens is 383 g/mol. The summed E-state index contributed by atoms with van der Waals surface area (Å²) in [6.45, 7) is 0.650. The highest BCUT2D eigenvalue weighted by molar-refractivity contribution is 7.13. The van der Waals surface area contributed by atoms with Crippen LogP contribution in [0.1, 0.15) is 6.92 Å². The van der Waals surface area contributed by atoms with Gasteiger partial charge in [0.15, 0.2) is 6.61 Å². The highest BCUT2D eigenvalue weighted by Gasteiger charge is 2.28. The second kappa shape index (κ2) is 7.78. The fraction of sp³-hybridized carbons (Fsp3) is 0.235. The fourth-order valence-corrected chi connectivity index (χ4v) is 2.83. The summed E-state index contributed by atoms with van der Waals surface area (Å²) in [7, 11) is 0. The van der Waals surface area contributed by atoms with Gasteiger partial charge in [-0.05, 0) is 31.2 Å². The Morgan fingerprint density at radius 3 is 2.52 bits per heavy atom. The first-order chi connectivity index (χ1) is 12.9. The summed E-state index contributed by atoms with van der Waals surface area (Å²) in [4.78, 5) is 21.7. The van der Waals surface area contributed by atoms with E-state index in [1.165, 1.54) is 46.2 Å². The van der Waals surface area contributed by atoms with Crippen LogP contribution in [0, 0.1) is 0 Å². The number of nitrogens with zero attached hydrogens (tertiary/aromatic N) is 3. The highest BCUT2D eigenvalue weighted by atomic mass is 32.1. The summed E-state index contributed by atoms with van der Waals surface area (Å²) < 4.78 is 48.1. The molecule has 142 valence electrons. The van der Waals surface area contributed by atoms with Gasteiger partial charge in [-0.1, -0.05) is 0 Å². The summed E-state index contributed by atoms with van der Waals surface area (Å²) in [5.41, 5.74) is 2.07. The maximum atomic E-state index is 12.6. The first-order valence-corrected chi connectivity index (χ1v) is 8.71. The maximum absolute atomic E-state index is 12.6. The Balaban J connectivity index is 1.94. The van der Waals surface area contributed by atoms with Crippen LogP contribution in [0.3, 0.4) is 0 Å². The van der Waals surface area contributed by atoms with Crippen molar-refractivity contribution in [1.29, 1.82) is 0 Å². The van der Waals surface area contributed by atoms with E-state index in [2.05, 4.69) is 14.7 Å². The van der Waals surface area contributed by atoms with Crippen molar-refractivity contribution in [2.45, 2.75) is 13.1 Å². The lowest BCUT2D eigenvalue weighted by Crippen LogP contribution is -2.22. The van der Waals surface area contributed by atoms with E-state index in [1.54, 1.807) is 18.6 Å². The number of hydrogen-bond acceptors (Lipinski definition) is 6. The van der Waals surface area contributed by atoms with E-state index in [4.69, 9.17) is 4.74 Å². The third kappa shape index (κ3) is 4.64. The van der Waals surface area contributed by atoms with Crippen LogP contribution >= 0.6 is 11.3 Å². The van der Waals surface area contributed by atoms with Crippen LogP contribution in [-0.4, -0.2) is 33.9 Å². The molecule has 0 fully saturated rings. The number of ether oxygens (including phenoxy) is 2. The zero-order valence-corrected chi connectivity index (χ0v) is 14.9. The predicted molar refractivity (Wildman–Crippen MR) is 93.7 cm³/mol. The van der Waals surface area contributed by atoms with Crippen molar-refractivity contribution < 1.29 is 22.6 Å². The quantitative estimate of drug-likeness (QED) is 0.635. The van der Waals surface area contributed by atoms with Crippen LogP contribution in [0.25, 0.3) is 16.3 Å². The van der Waals surface area contributed by atoms with Gasteiger partial charge in [-0.25, -0.2) is 4.57 Å². The lowest BCUT2D eigenvalue weighted by molar-refractivity contribution is -0.153. The SMILES string of the molecule is CCOc1nc(-c2cncs2)cc(=O)n1-c1ccc(OCC(F)(F)F)cc1. The number of benzene rings is 1. The summed E-state index contributed by atoms with van der Waals surface area (Å²) in [5, 5.41) is 0. The molecule has 1 aromatic carbocycles. The number of hydrogen-bond donors (Lipinski definition) is 0. The zero-order valence-electron chi connectivity index (χ0n) is 14.1. The Labute approximate surface area is 155 Å². The van der Waals surface area contributed by atoms with Gasteiger partial charge in [-0.2, -0.15) is 18.2 Å². The highest BCUT2D eigenvalue weighted by Crippen LogP contribution is 2.24. The molecule has 0 unspecified atom stereocenters. The van der Waals surface area contributed by atoms with Crippen LogP contribution in [-0.2, 0) is 0 Å². The average Bonchev–Trinajstić information content (AvgIpc) is 3.15. The molecule has 0 saturated carbocycles. The molecule has 6 nitrogen and oxygen atoms in total. The average molecular weight is 397 g/mol. The van der Waals surface area contributed by atoms with E-state index in [0.29, 0.717) is 11.4 Å². The van der Waals surface area contributed by atoms with Crippen LogP contribution in [0.2, 0.25) is 0 Å². The standard InChI is InChI=1S/C17H14F3N3O3S/c1-2-25-16-22-13(14-8-21-10-27-14)7-15(24)23(16)11-3-5-12(6-4-11)26-9-17(18,19)20/h3-8,10H,2,9H2,1H3. The lowest BCUT2D eigenvalue weighted by Gasteiger charge is -2.14. The Morgan fingerprint density at radius 1 is 1.19 bits per heavy atom. The smallest absolute Gasteiger partial charge is 0.422 e. The lowest BCUT2D eigenvalue weighted by atomic mass is 10.3. The summed E-state index contributed by atoms with van der Waals surface area (Å²) in [6.07, 6.45) is -2.83. The molecule has 0 aliphatic carbocycles. The van der Waals surface area contributed by atoms with Gasteiger partial charge in [-0.3, -0.25) is 9.78 Å². The van der Waals surface area contributed by atoms with Gasteiger partial charge >= 0.3 is 12.2 Å². The third-order valence-corrected chi connectivity index (χ3v) is 4.14. The van der Waals surface area contributed by atoms with Crippen molar-refractivity contribution in [3.05, 3.63) is 52.4 Å². The minimum Gasteiger partial charge on any atom is -0.484 e. The minimum atomic E-state index is -4.42. The molecule has 0 bridgehead atoms. The Morgan fingerprint density at radius 2 is 1.93 bits per heavy atom. The van der Waals surface area contributed by atoms with E-state index in [1.807, 2.05) is 0 Å². The van der Waals surface area contributed by atoms with E-state index in [9.17, 15) is 18.0 Å². The second-order valence-electron chi connectivity index (χ2n) is 5.29. The molecule has 2 heterocycles. The molecule has 3 rings (SSSR count). The van der Waals surface area contributed by atoms with Crippen LogP contribution in [0.15, 0.2) is 46.8 Å². The molecular formula is C17H14F3N3O3S. The number of aromatic nitrogens is 3. The van der Waals surface area contributed by atoms with Gasteiger partial charge < -0.3 is 9.47 Å². The van der Waals surface area contributed by atoms with Crippen molar-refractivity contribution in [3.63, 3.8) is 0 Å². The first kappa shape index (κ1) is 18.9. The molecule has 0 aliphatic rings. The van der Waals surface area contributed by atoms with Crippen molar-refractivity contribution in [3.8, 4) is 28.0 Å². The molecule has 3 aromatic rings. The molecule has 27 heavy (non-hydrogen) atoms. The van der Waals surface area contributed by atoms with Gasteiger partial charge in [0.1, 0.15) is 5.75 Å². The van der Waals surface area contributed by atoms with Gasteiger partial charge in [0.25, 0.3) is 5.56 Å². The number of halogens is 3. The molecule has 0 N–H and O–H groups in total. The van der Waals surface area contributed by atoms with E-state index < -0.39 is 12.8 Å². The summed E-state index contributed by atoms with van der Waals surface area (Å²) >= 11 is 1.34. The molecule has 2 aromatic heterocycles. The van der Waals surface area contributed by atoms with Crippen molar-refractivity contribution in [2.24, 2.45) is 0 Å². The summed E-state index contributed by atoms with van der Waals surface area (Å²) in [5.74, 6) is 0.0383. The van der Waals surface area contributed by atoms with Crippen LogP contribution in [0.5, 0.6) is 11.8 Å². The van der Waals surface area contributed by atoms with Crippen molar-refractivity contribution in [1.82, 2.24) is 14.5 Å². The van der Waals surface area contributed by atoms with Gasteiger partial charge in [0.2, 0.25) is 0 Å². The normalized spacial score (nSPS) is 11.4. The molecule has 0 amide bonds. The molecule has 0 radical (unpaired) electrons. The van der Waals surface area contributed by atoms with Gasteiger partial charge in [0, 0.05) is 12.3 Å². The number of alkyl halides is 3. The molecule has 0 aliphatic heterocycles. The molecule has 0 atom stereocenters. The van der Waals surface area contributed by atoms with Crippen molar-refractivity contribution in [2.75, 3.05) is 13.2 Å². The van der Waals surface area contributed by atoms with Gasteiger partial charge in [-0.15, -0.1) is 11.3 Å². The Bertz CT molecular complexity index is 954. The third-order valence-electron chi connectivity index (χ3n) is 3.34. The number of rotatable bonds is 6. The minimum absolute atomic E-state index is 0.0383. The van der Waals surface area contributed by atoms with Crippen LogP contribution < -0.4 is 15.0 Å². The molecule has 10 heteroatoms. The topological polar surface area (TPSA) is 66.2 Å². The number of thiazole rings is 1. The first-order valence-electron chi connectivity index (χ1n) is 7.83. The molecule has 0 spiro atoms.